The van der Waals surface area contributed by atoms with E-state index in [2.05, 4.69) is 23.2 Å². The number of hydrogen-bond acceptors (Lipinski definition) is 5. The number of hydrogen-bond donors (Lipinski definition) is 1. The van der Waals surface area contributed by atoms with Gasteiger partial charge in [0.1, 0.15) is 10.5 Å². The molecule has 2 saturated heterocycles. The highest BCUT2D eigenvalue weighted by Crippen LogP contribution is 2.39. The first-order chi connectivity index (χ1) is 13.6. The lowest BCUT2D eigenvalue weighted by Gasteiger charge is -2.34. The molecule has 1 aromatic carbocycles. The minimum atomic E-state index is -0.658. The van der Waals surface area contributed by atoms with Gasteiger partial charge in [-0.2, -0.15) is 0 Å². The molecule has 0 bridgehead atoms. The summed E-state index contributed by atoms with van der Waals surface area (Å²) < 4.78 is 1.19. The van der Waals surface area contributed by atoms with E-state index in [4.69, 9.17) is 4.98 Å². The Hall–Kier alpha value is -1.99. The van der Waals surface area contributed by atoms with Crippen LogP contribution in [0, 0.1) is 5.92 Å². The Balaban J connectivity index is 1.35. The van der Waals surface area contributed by atoms with Gasteiger partial charge in [-0.05, 0) is 56.6 Å². The van der Waals surface area contributed by atoms with Crippen LogP contribution in [0.15, 0.2) is 24.3 Å². The summed E-state index contributed by atoms with van der Waals surface area (Å²) in [7, 11) is 0. The second-order valence-corrected chi connectivity index (χ2v) is 9.62. The Kier molecular flexibility index (Phi) is 4.39. The van der Waals surface area contributed by atoms with Gasteiger partial charge in [0.15, 0.2) is 0 Å². The number of carbonyl (C=O) groups excluding carboxylic acids is 2. The molecule has 3 heterocycles. The van der Waals surface area contributed by atoms with Gasteiger partial charge in [0.2, 0.25) is 0 Å². The van der Waals surface area contributed by atoms with E-state index < -0.39 is 5.54 Å². The van der Waals surface area contributed by atoms with Crippen molar-refractivity contribution in [2.75, 3.05) is 13.2 Å². The first kappa shape index (κ1) is 18.1. The van der Waals surface area contributed by atoms with Gasteiger partial charge in [-0.1, -0.05) is 19.1 Å². The number of nitrogens with zero attached hydrogens (tertiary/aromatic N) is 3. The predicted molar refractivity (Wildman–Crippen MR) is 109 cm³/mol. The molecule has 2 aliphatic heterocycles. The largest absolute Gasteiger partial charge is 0.326 e. The summed E-state index contributed by atoms with van der Waals surface area (Å²) in [5, 5.41) is 4.13. The van der Waals surface area contributed by atoms with E-state index in [1.165, 1.54) is 9.60 Å². The minimum Gasteiger partial charge on any atom is -0.323 e. The number of urea groups is 1. The van der Waals surface area contributed by atoms with Crippen LogP contribution in [-0.4, -0.2) is 45.5 Å². The van der Waals surface area contributed by atoms with Crippen molar-refractivity contribution in [1.29, 1.82) is 0 Å². The molecule has 148 valence electrons. The van der Waals surface area contributed by atoms with E-state index in [-0.39, 0.29) is 18.0 Å². The Morgan fingerprint density at radius 2 is 2.00 bits per heavy atom. The molecule has 0 unspecified atom stereocenters. The number of likely N-dealkylation sites (tertiary alicyclic amines) is 1. The zero-order chi connectivity index (χ0) is 19.3. The summed E-state index contributed by atoms with van der Waals surface area (Å²) in [4.78, 5) is 34.4. The molecule has 1 N–H and O–H groups in total. The van der Waals surface area contributed by atoms with Gasteiger partial charge in [0.25, 0.3) is 5.91 Å². The molecule has 0 radical (unpaired) electrons. The monoisotopic (exact) mass is 398 g/mol. The Morgan fingerprint density at radius 3 is 2.79 bits per heavy atom. The third kappa shape index (κ3) is 2.92. The lowest BCUT2D eigenvalue weighted by Crippen LogP contribution is -2.50. The van der Waals surface area contributed by atoms with Gasteiger partial charge in [0, 0.05) is 6.54 Å². The van der Waals surface area contributed by atoms with E-state index >= 15 is 0 Å². The van der Waals surface area contributed by atoms with Crippen molar-refractivity contribution in [3.05, 3.63) is 29.3 Å². The molecule has 28 heavy (non-hydrogen) atoms. The highest BCUT2D eigenvalue weighted by molar-refractivity contribution is 7.18. The molecule has 1 saturated carbocycles. The molecular formula is C21H26N4O2S. The van der Waals surface area contributed by atoms with Crippen LogP contribution in [0.25, 0.3) is 10.2 Å². The molecule has 3 amide bonds. The fourth-order valence-electron chi connectivity index (χ4n) is 4.89. The van der Waals surface area contributed by atoms with Crippen LogP contribution in [0.1, 0.15) is 56.5 Å². The fraction of sp³-hybridized carbons (Fsp3) is 0.571. The number of amides is 3. The van der Waals surface area contributed by atoms with E-state index in [1.807, 2.05) is 18.2 Å². The van der Waals surface area contributed by atoms with Gasteiger partial charge in [-0.3, -0.25) is 9.69 Å². The fourth-order valence-corrected chi connectivity index (χ4v) is 6.02. The van der Waals surface area contributed by atoms with Crippen LogP contribution >= 0.6 is 11.3 Å². The molecular weight excluding hydrogens is 372 g/mol. The van der Waals surface area contributed by atoms with Crippen molar-refractivity contribution in [3.8, 4) is 0 Å². The minimum absolute atomic E-state index is 0.0284. The molecule has 7 heteroatoms. The quantitative estimate of drug-likeness (QED) is 0.797. The lowest BCUT2D eigenvalue weighted by molar-refractivity contribution is -0.134. The van der Waals surface area contributed by atoms with Gasteiger partial charge in [0.05, 0.1) is 22.9 Å². The standard InChI is InChI=1S/C21H26N4O2S/c1-14-8-10-21(11-9-14)19(26)25(20(27)23-21)13-24-12-4-6-16(24)18-22-15-5-2-3-7-17(15)28-18/h2-3,5,7,14,16H,4,6,8-13H2,1H3,(H,23,27)/t14?,16-,21?/m0/s1. The SMILES string of the molecule is CC1CCC2(CC1)NC(=O)N(CN1CCC[C@H]1c1nc3ccccc3s1)C2=O. The average Bonchev–Trinajstić information content (AvgIpc) is 3.38. The molecule has 3 fully saturated rings. The normalized spacial score (nSPS) is 31.2. The molecule has 2 aromatic rings. The van der Waals surface area contributed by atoms with E-state index in [1.54, 1.807) is 11.3 Å². The first-order valence-corrected chi connectivity index (χ1v) is 11.1. The number of aromatic nitrogens is 1. The number of rotatable bonds is 3. The summed E-state index contributed by atoms with van der Waals surface area (Å²) in [6.07, 6.45) is 5.60. The predicted octanol–water partition coefficient (Wildman–Crippen LogP) is 3.89. The number of nitrogens with one attached hydrogen (secondary N) is 1. The van der Waals surface area contributed by atoms with Gasteiger partial charge < -0.3 is 5.32 Å². The molecule has 1 aliphatic carbocycles. The van der Waals surface area contributed by atoms with Crippen molar-refractivity contribution in [3.63, 3.8) is 0 Å². The number of imide groups is 1. The zero-order valence-corrected chi connectivity index (χ0v) is 17.0. The van der Waals surface area contributed by atoms with Crippen LogP contribution in [0.4, 0.5) is 4.79 Å². The van der Waals surface area contributed by atoms with Crippen molar-refractivity contribution >= 4 is 33.5 Å². The molecule has 5 rings (SSSR count). The zero-order valence-electron chi connectivity index (χ0n) is 16.2. The maximum atomic E-state index is 13.2. The summed E-state index contributed by atoms with van der Waals surface area (Å²) in [5.41, 5.74) is 0.369. The highest BCUT2D eigenvalue weighted by atomic mass is 32.1. The van der Waals surface area contributed by atoms with E-state index in [0.717, 1.165) is 55.6 Å². The van der Waals surface area contributed by atoms with E-state index in [0.29, 0.717) is 12.6 Å². The van der Waals surface area contributed by atoms with Crippen molar-refractivity contribution in [2.45, 2.75) is 57.0 Å². The van der Waals surface area contributed by atoms with Crippen molar-refractivity contribution in [1.82, 2.24) is 20.1 Å². The molecule has 3 aliphatic rings. The molecule has 6 nitrogen and oxygen atoms in total. The van der Waals surface area contributed by atoms with Crippen LogP contribution < -0.4 is 5.32 Å². The maximum Gasteiger partial charge on any atom is 0.326 e. The summed E-state index contributed by atoms with van der Waals surface area (Å²) in [5.74, 6) is 0.603. The number of carbonyl (C=O) groups is 2. The number of thiazole rings is 1. The number of fused-ring (bicyclic) bond motifs is 1. The average molecular weight is 399 g/mol. The smallest absolute Gasteiger partial charge is 0.323 e. The van der Waals surface area contributed by atoms with Gasteiger partial charge in [-0.25, -0.2) is 14.7 Å². The maximum absolute atomic E-state index is 13.2. The summed E-state index contributed by atoms with van der Waals surface area (Å²) >= 11 is 1.72. The Labute approximate surface area is 168 Å². The Bertz CT molecular complexity index is 885. The second kappa shape index (κ2) is 6.81. The Morgan fingerprint density at radius 1 is 1.21 bits per heavy atom. The van der Waals surface area contributed by atoms with Crippen LogP contribution in [0.2, 0.25) is 0 Å². The second-order valence-electron chi connectivity index (χ2n) is 8.56. The van der Waals surface area contributed by atoms with Gasteiger partial charge >= 0.3 is 6.03 Å². The number of para-hydroxylation sites is 1. The third-order valence-corrected chi connectivity index (χ3v) is 7.79. The van der Waals surface area contributed by atoms with Crippen molar-refractivity contribution < 1.29 is 9.59 Å². The number of benzene rings is 1. The molecule has 1 aromatic heterocycles. The van der Waals surface area contributed by atoms with Crippen LogP contribution in [-0.2, 0) is 4.79 Å². The molecule has 1 spiro atoms. The lowest BCUT2D eigenvalue weighted by atomic mass is 9.77. The van der Waals surface area contributed by atoms with Crippen LogP contribution in [0.3, 0.4) is 0 Å². The first-order valence-electron chi connectivity index (χ1n) is 10.3. The highest BCUT2D eigenvalue weighted by Gasteiger charge is 2.52. The summed E-state index contributed by atoms with van der Waals surface area (Å²) in [6.45, 7) is 3.48. The molecule has 1 atom stereocenters. The summed E-state index contributed by atoms with van der Waals surface area (Å²) in [6, 6.07) is 8.14. The topological polar surface area (TPSA) is 65.5 Å². The van der Waals surface area contributed by atoms with Gasteiger partial charge in [-0.15, -0.1) is 11.3 Å². The van der Waals surface area contributed by atoms with Crippen LogP contribution in [0.5, 0.6) is 0 Å². The van der Waals surface area contributed by atoms with E-state index in [9.17, 15) is 9.59 Å². The van der Waals surface area contributed by atoms with Crippen molar-refractivity contribution in [2.24, 2.45) is 5.92 Å². The third-order valence-electron chi connectivity index (χ3n) is 6.66.